The quantitative estimate of drug-likeness (QED) is 0.596. The molecule has 1 fully saturated rings. The Bertz CT molecular complexity index is 1000. The van der Waals surface area contributed by atoms with E-state index in [9.17, 15) is 9.90 Å². The lowest BCUT2D eigenvalue weighted by Gasteiger charge is -2.36. The maximum atomic E-state index is 11.7. The van der Waals surface area contributed by atoms with Crippen LogP contribution >= 0.6 is 11.3 Å². The summed E-state index contributed by atoms with van der Waals surface area (Å²) in [5.41, 5.74) is 2.00. The van der Waals surface area contributed by atoms with Crippen LogP contribution in [0.25, 0.3) is 10.2 Å². The number of benzene rings is 2. The highest BCUT2D eigenvalue weighted by molar-refractivity contribution is 7.18. The minimum atomic E-state index is -0.729. The Morgan fingerprint density at radius 1 is 1.30 bits per heavy atom. The number of piperidine rings is 1. The van der Waals surface area contributed by atoms with E-state index in [1.165, 1.54) is 0 Å². The van der Waals surface area contributed by atoms with Gasteiger partial charge < -0.3 is 14.6 Å². The van der Waals surface area contributed by atoms with Crippen LogP contribution in [-0.2, 0) is 4.79 Å². The summed E-state index contributed by atoms with van der Waals surface area (Å²) in [7, 11) is 1.63. The summed E-state index contributed by atoms with van der Waals surface area (Å²) in [5, 5.41) is 10.6. The van der Waals surface area contributed by atoms with Gasteiger partial charge in [0.25, 0.3) is 0 Å². The van der Waals surface area contributed by atoms with Crippen molar-refractivity contribution < 1.29 is 19.4 Å². The van der Waals surface area contributed by atoms with Gasteiger partial charge in [0.05, 0.1) is 35.9 Å². The first-order chi connectivity index (χ1) is 14.6. The number of para-hydroxylation sites is 1. The number of hydrogen-bond donors (Lipinski definition) is 1. The number of fused-ring (bicyclic) bond motifs is 1. The number of methoxy groups -OCH3 is 1. The molecule has 0 saturated carbocycles. The number of likely N-dealkylation sites (tertiary alicyclic amines) is 1. The lowest BCUT2D eigenvalue weighted by Crippen LogP contribution is -2.41. The zero-order valence-corrected chi connectivity index (χ0v) is 18.0. The molecule has 1 aliphatic heterocycles. The first-order valence-corrected chi connectivity index (χ1v) is 11.1. The molecule has 0 spiro atoms. The number of carbonyl (C=O) groups is 1. The first kappa shape index (κ1) is 20.6. The second-order valence-corrected chi connectivity index (χ2v) is 8.50. The fourth-order valence-electron chi connectivity index (χ4n) is 4.09. The molecule has 158 valence electrons. The van der Waals surface area contributed by atoms with Gasteiger partial charge >= 0.3 is 5.97 Å². The van der Waals surface area contributed by atoms with E-state index in [0.29, 0.717) is 31.1 Å². The van der Waals surface area contributed by atoms with Crippen molar-refractivity contribution in [2.24, 2.45) is 5.92 Å². The molecule has 2 heterocycles. The molecule has 1 aromatic heterocycles. The van der Waals surface area contributed by atoms with Crippen LogP contribution in [0.2, 0.25) is 0 Å². The predicted molar refractivity (Wildman–Crippen MR) is 118 cm³/mol. The van der Waals surface area contributed by atoms with Crippen LogP contribution in [0.3, 0.4) is 0 Å². The van der Waals surface area contributed by atoms with Crippen LogP contribution in [0.15, 0.2) is 42.5 Å². The van der Waals surface area contributed by atoms with E-state index in [0.717, 1.165) is 33.8 Å². The maximum Gasteiger partial charge on any atom is 0.307 e. The normalized spacial score (nSPS) is 18.3. The maximum absolute atomic E-state index is 11.7. The Morgan fingerprint density at radius 3 is 2.87 bits per heavy atom. The largest absolute Gasteiger partial charge is 0.493 e. The average Bonchev–Trinajstić information content (AvgIpc) is 3.18. The summed E-state index contributed by atoms with van der Waals surface area (Å²) in [6, 6.07) is 13.9. The van der Waals surface area contributed by atoms with Gasteiger partial charge in [-0.2, -0.15) is 0 Å². The molecule has 1 aliphatic rings. The van der Waals surface area contributed by atoms with E-state index in [2.05, 4.69) is 11.0 Å². The molecule has 4 rings (SSSR count). The van der Waals surface area contributed by atoms with Crippen molar-refractivity contribution in [2.45, 2.75) is 25.8 Å². The summed E-state index contributed by atoms with van der Waals surface area (Å²) in [5.74, 6) is 0.286. The number of carboxylic acid groups (broad SMARTS) is 1. The van der Waals surface area contributed by atoms with E-state index in [4.69, 9.17) is 14.5 Å². The predicted octanol–water partition coefficient (Wildman–Crippen LogP) is 4.59. The molecule has 7 heteroatoms. The number of rotatable bonds is 7. The van der Waals surface area contributed by atoms with E-state index >= 15 is 0 Å². The molecular formula is C23H26N2O4S. The molecule has 2 atom stereocenters. The molecule has 0 amide bonds. The molecule has 0 bridgehead atoms. The van der Waals surface area contributed by atoms with Crippen molar-refractivity contribution in [3.63, 3.8) is 0 Å². The van der Waals surface area contributed by atoms with Crippen LogP contribution in [0, 0.1) is 5.92 Å². The van der Waals surface area contributed by atoms with Crippen LogP contribution < -0.4 is 9.47 Å². The molecular weight excluding hydrogens is 400 g/mol. The summed E-state index contributed by atoms with van der Waals surface area (Å²) in [6.07, 6.45) is 1.57. The fraction of sp³-hybridized carbons (Fsp3) is 0.391. The topological polar surface area (TPSA) is 71.9 Å². The molecule has 0 radical (unpaired) electrons. The highest BCUT2D eigenvalue weighted by Crippen LogP contribution is 2.39. The number of hydrogen-bond acceptors (Lipinski definition) is 6. The second kappa shape index (κ2) is 9.02. The van der Waals surface area contributed by atoms with Gasteiger partial charge in [0, 0.05) is 6.54 Å². The Hall–Kier alpha value is -2.64. The van der Waals surface area contributed by atoms with Gasteiger partial charge in [-0.15, -0.1) is 11.3 Å². The SMILES string of the molecule is CCOc1cc(C(c2nc3ccccc3s2)N2CCCC(C(=O)O)C2)ccc1OC. The van der Waals surface area contributed by atoms with Gasteiger partial charge in [-0.3, -0.25) is 9.69 Å². The molecule has 30 heavy (non-hydrogen) atoms. The third-order valence-corrected chi connectivity index (χ3v) is 6.60. The van der Waals surface area contributed by atoms with Gasteiger partial charge in [-0.25, -0.2) is 4.98 Å². The number of aromatic nitrogens is 1. The van der Waals surface area contributed by atoms with Gasteiger partial charge in [-0.05, 0) is 56.1 Å². The Balaban J connectivity index is 1.79. The average molecular weight is 427 g/mol. The standard InChI is InChI=1S/C23H26N2O4S/c1-3-29-19-13-15(10-11-18(19)28-2)21(25-12-6-7-16(14-25)23(26)27)22-24-17-8-4-5-9-20(17)30-22/h4-5,8-11,13,16,21H,3,6-7,12,14H2,1-2H3,(H,26,27). The highest BCUT2D eigenvalue weighted by atomic mass is 32.1. The Morgan fingerprint density at radius 2 is 2.13 bits per heavy atom. The minimum absolute atomic E-state index is 0.130. The van der Waals surface area contributed by atoms with Crippen molar-refractivity contribution in [1.29, 1.82) is 0 Å². The van der Waals surface area contributed by atoms with Gasteiger partial charge in [-0.1, -0.05) is 18.2 Å². The highest BCUT2D eigenvalue weighted by Gasteiger charge is 2.33. The van der Waals surface area contributed by atoms with Crippen molar-refractivity contribution in [3.8, 4) is 11.5 Å². The molecule has 2 unspecified atom stereocenters. The number of thiazole rings is 1. The zero-order valence-electron chi connectivity index (χ0n) is 17.2. The van der Waals surface area contributed by atoms with Gasteiger partial charge in [0.15, 0.2) is 11.5 Å². The summed E-state index contributed by atoms with van der Waals surface area (Å²) in [4.78, 5) is 18.8. The number of aliphatic carboxylic acids is 1. The number of carboxylic acids is 1. The third kappa shape index (κ3) is 4.13. The van der Waals surface area contributed by atoms with Crippen LogP contribution in [0.5, 0.6) is 11.5 Å². The first-order valence-electron chi connectivity index (χ1n) is 10.2. The summed E-state index contributed by atoms with van der Waals surface area (Å²) < 4.78 is 12.4. The van der Waals surface area contributed by atoms with Crippen molar-refractivity contribution >= 4 is 27.5 Å². The van der Waals surface area contributed by atoms with E-state index in [1.807, 2.05) is 43.3 Å². The smallest absolute Gasteiger partial charge is 0.307 e. The van der Waals surface area contributed by atoms with Gasteiger partial charge in [0.1, 0.15) is 5.01 Å². The van der Waals surface area contributed by atoms with Crippen LogP contribution in [0.4, 0.5) is 0 Å². The molecule has 3 aromatic rings. The zero-order chi connectivity index (χ0) is 21.1. The minimum Gasteiger partial charge on any atom is -0.493 e. The monoisotopic (exact) mass is 426 g/mol. The van der Waals surface area contributed by atoms with Crippen LogP contribution in [-0.4, -0.2) is 47.8 Å². The lowest BCUT2D eigenvalue weighted by atomic mass is 9.95. The summed E-state index contributed by atoms with van der Waals surface area (Å²) >= 11 is 1.66. The van der Waals surface area contributed by atoms with Crippen molar-refractivity contribution in [1.82, 2.24) is 9.88 Å². The Kier molecular flexibility index (Phi) is 6.20. The molecule has 6 nitrogen and oxygen atoms in total. The van der Waals surface area contributed by atoms with Crippen molar-refractivity contribution in [3.05, 3.63) is 53.0 Å². The number of nitrogens with zero attached hydrogens (tertiary/aromatic N) is 2. The molecule has 2 aromatic carbocycles. The van der Waals surface area contributed by atoms with E-state index < -0.39 is 5.97 Å². The van der Waals surface area contributed by atoms with Crippen LogP contribution in [0.1, 0.15) is 36.4 Å². The van der Waals surface area contributed by atoms with Gasteiger partial charge in [0.2, 0.25) is 0 Å². The fourth-order valence-corrected chi connectivity index (χ4v) is 5.22. The lowest BCUT2D eigenvalue weighted by molar-refractivity contribution is -0.143. The number of ether oxygens (including phenoxy) is 2. The van der Waals surface area contributed by atoms with Crippen molar-refractivity contribution in [2.75, 3.05) is 26.8 Å². The molecule has 1 saturated heterocycles. The van der Waals surface area contributed by atoms with E-state index in [1.54, 1.807) is 18.4 Å². The molecule has 0 aliphatic carbocycles. The Labute approximate surface area is 180 Å². The summed E-state index contributed by atoms with van der Waals surface area (Å²) in [6.45, 7) is 3.82. The molecule has 1 N–H and O–H groups in total. The second-order valence-electron chi connectivity index (χ2n) is 7.44. The third-order valence-electron chi connectivity index (χ3n) is 5.51. The van der Waals surface area contributed by atoms with E-state index in [-0.39, 0.29) is 12.0 Å².